The Hall–Kier alpha value is -2.48. The van der Waals surface area contributed by atoms with E-state index in [9.17, 15) is 14.4 Å². The van der Waals surface area contributed by atoms with Gasteiger partial charge in [-0.2, -0.15) is 0 Å². The van der Waals surface area contributed by atoms with Crippen molar-refractivity contribution in [3.05, 3.63) is 22.7 Å². The first kappa shape index (κ1) is 16.6. The molecule has 0 aliphatic heterocycles. The van der Waals surface area contributed by atoms with Crippen LogP contribution in [0.5, 0.6) is 5.75 Å². The summed E-state index contributed by atoms with van der Waals surface area (Å²) in [5.41, 5.74) is 9.96. The molecule has 0 radical (unpaired) electrons. The number of hydrogen-bond donors (Lipinski definition) is 3. The second-order valence-electron chi connectivity index (χ2n) is 3.88. The normalized spacial score (nSPS) is 9.67. The number of carbonyl (C=O) groups is 3. The third-order valence-corrected chi connectivity index (χ3v) is 2.58. The molecule has 0 aromatic heterocycles. The van der Waals surface area contributed by atoms with Crippen molar-refractivity contribution in [2.75, 3.05) is 19.5 Å². The van der Waals surface area contributed by atoms with E-state index in [4.69, 9.17) is 26.8 Å². The number of methoxy groups -OCH3 is 1. The number of amides is 2. The number of hydrazine groups is 1. The van der Waals surface area contributed by atoms with Crippen LogP contribution in [0.25, 0.3) is 0 Å². The number of rotatable bonds is 4. The van der Waals surface area contributed by atoms with E-state index in [1.54, 1.807) is 0 Å². The molecule has 0 atom stereocenters. The molecule has 4 N–H and O–H groups in total. The topological polar surface area (TPSA) is 120 Å². The van der Waals surface area contributed by atoms with E-state index < -0.39 is 24.4 Å². The second kappa shape index (κ2) is 7.34. The molecule has 0 fully saturated rings. The average molecular weight is 316 g/mol. The zero-order valence-corrected chi connectivity index (χ0v) is 12.1. The first-order chi connectivity index (χ1) is 9.85. The third kappa shape index (κ3) is 4.84. The molecule has 2 amide bonds. The van der Waals surface area contributed by atoms with Crippen LogP contribution >= 0.6 is 11.6 Å². The van der Waals surface area contributed by atoms with Crippen LogP contribution in [-0.2, 0) is 14.3 Å². The van der Waals surface area contributed by atoms with Crippen LogP contribution in [-0.4, -0.2) is 31.5 Å². The third-order valence-electron chi connectivity index (χ3n) is 2.25. The highest BCUT2D eigenvalue weighted by Crippen LogP contribution is 2.29. The molecule has 114 valence electrons. The van der Waals surface area contributed by atoms with Gasteiger partial charge in [0.25, 0.3) is 5.91 Å². The largest absolute Gasteiger partial charge is 0.496 e. The van der Waals surface area contributed by atoms with Crippen LogP contribution in [0.1, 0.15) is 17.3 Å². The van der Waals surface area contributed by atoms with Gasteiger partial charge in [-0.25, -0.2) is 4.79 Å². The van der Waals surface area contributed by atoms with Crippen LogP contribution in [0, 0.1) is 0 Å². The summed E-state index contributed by atoms with van der Waals surface area (Å²) >= 11 is 5.82. The lowest BCUT2D eigenvalue weighted by molar-refractivity contribution is -0.129. The van der Waals surface area contributed by atoms with Gasteiger partial charge in [-0.05, 0) is 6.07 Å². The fourth-order valence-electron chi connectivity index (χ4n) is 1.30. The van der Waals surface area contributed by atoms with Gasteiger partial charge in [-0.1, -0.05) is 11.6 Å². The lowest BCUT2D eigenvalue weighted by Gasteiger charge is -2.10. The van der Waals surface area contributed by atoms with E-state index in [0.29, 0.717) is 0 Å². The fraction of sp³-hybridized carbons (Fsp3) is 0.250. The molecule has 0 bridgehead atoms. The van der Waals surface area contributed by atoms with E-state index in [-0.39, 0.29) is 22.0 Å². The maximum absolute atomic E-state index is 11.9. The quantitative estimate of drug-likeness (QED) is 0.416. The van der Waals surface area contributed by atoms with Crippen molar-refractivity contribution in [2.45, 2.75) is 6.92 Å². The van der Waals surface area contributed by atoms with Crippen molar-refractivity contribution in [1.82, 2.24) is 10.9 Å². The van der Waals surface area contributed by atoms with Crippen molar-refractivity contribution >= 4 is 35.1 Å². The van der Waals surface area contributed by atoms with Gasteiger partial charge in [0.05, 0.1) is 17.8 Å². The van der Waals surface area contributed by atoms with Crippen molar-refractivity contribution in [3.63, 3.8) is 0 Å². The van der Waals surface area contributed by atoms with Crippen LogP contribution in [0.3, 0.4) is 0 Å². The molecule has 0 saturated carbocycles. The number of esters is 1. The van der Waals surface area contributed by atoms with Crippen molar-refractivity contribution < 1.29 is 23.9 Å². The van der Waals surface area contributed by atoms with Gasteiger partial charge in [0.15, 0.2) is 6.61 Å². The predicted octanol–water partition coefficient (Wildman–Crippen LogP) is 0.255. The first-order valence-electron chi connectivity index (χ1n) is 5.70. The van der Waals surface area contributed by atoms with E-state index in [0.717, 1.165) is 0 Å². The number of ether oxygens (including phenoxy) is 2. The number of hydrogen-bond acceptors (Lipinski definition) is 6. The number of nitrogens with two attached hydrogens (primary N) is 1. The predicted molar refractivity (Wildman–Crippen MR) is 74.7 cm³/mol. The number of carbonyl (C=O) groups excluding carboxylic acids is 3. The van der Waals surface area contributed by atoms with Gasteiger partial charge in [0, 0.05) is 13.0 Å². The molecule has 0 spiro atoms. The maximum Gasteiger partial charge on any atom is 0.342 e. The molecule has 0 aliphatic carbocycles. The Morgan fingerprint density at radius 3 is 2.52 bits per heavy atom. The van der Waals surface area contributed by atoms with Crippen molar-refractivity contribution in [1.29, 1.82) is 0 Å². The van der Waals surface area contributed by atoms with Gasteiger partial charge < -0.3 is 15.2 Å². The summed E-state index contributed by atoms with van der Waals surface area (Å²) in [6.45, 7) is 0.637. The summed E-state index contributed by atoms with van der Waals surface area (Å²) in [6.07, 6.45) is 0. The lowest BCUT2D eigenvalue weighted by atomic mass is 10.2. The molecule has 8 nitrogen and oxygen atoms in total. The first-order valence-corrected chi connectivity index (χ1v) is 6.08. The van der Waals surface area contributed by atoms with E-state index >= 15 is 0 Å². The van der Waals surface area contributed by atoms with E-state index in [1.807, 2.05) is 5.43 Å². The summed E-state index contributed by atoms with van der Waals surface area (Å²) in [4.78, 5) is 33.7. The highest BCUT2D eigenvalue weighted by atomic mass is 35.5. The number of halogens is 1. The minimum absolute atomic E-state index is 0.0315. The Morgan fingerprint density at radius 1 is 1.29 bits per heavy atom. The molecule has 1 rings (SSSR count). The minimum atomic E-state index is -0.813. The summed E-state index contributed by atoms with van der Waals surface area (Å²) in [6, 6.07) is 2.65. The van der Waals surface area contributed by atoms with Crippen LogP contribution in [0.15, 0.2) is 12.1 Å². The fourth-order valence-corrected chi connectivity index (χ4v) is 1.46. The lowest BCUT2D eigenvalue weighted by Crippen LogP contribution is -2.42. The van der Waals surface area contributed by atoms with Crippen LogP contribution in [0.4, 0.5) is 5.69 Å². The van der Waals surface area contributed by atoms with Crippen LogP contribution in [0.2, 0.25) is 5.02 Å². The second-order valence-corrected chi connectivity index (χ2v) is 4.29. The molecular formula is C12H14ClN3O5. The smallest absolute Gasteiger partial charge is 0.342 e. The van der Waals surface area contributed by atoms with Crippen molar-refractivity contribution in [2.24, 2.45) is 0 Å². The van der Waals surface area contributed by atoms with Gasteiger partial charge in [-0.3, -0.25) is 20.4 Å². The molecule has 0 aliphatic rings. The van der Waals surface area contributed by atoms with Gasteiger partial charge in [0.2, 0.25) is 5.91 Å². The number of nitrogens with one attached hydrogen (secondary N) is 2. The van der Waals surface area contributed by atoms with E-state index in [1.165, 1.54) is 26.2 Å². The Bertz CT molecular complexity index is 576. The SMILES string of the molecule is COc1cc(N)c(Cl)cc1C(=O)OCC(=O)NNC(C)=O. The molecule has 1 aromatic carbocycles. The van der Waals surface area contributed by atoms with Gasteiger partial charge in [-0.15, -0.1) is 0 Å². The van der Waals surface area contributed by atoms with Gasteiger partial charge in [0.1, 0.15) is 11.3 Å². The van der Waals surface area contributed by atoms with E-state index in [2.05, 4.69) is 5.43 Å². The summed E-state index contributed by atoms with van der Waals surface area (Å²) in [7, 11) is 1.35. The maximum atomic E-state index is 11.9. The van der Waals surface area contributed by atoms with Gasteiger partial charge >= 0.3 is 5.97 Å². The monoisotopic (exact) mass is 315 g/mol. The Labute approximate surface area is 125 Å². The average Bonchev–Trinajstić information content (AvgIpc) is 2.44. The highest BCUT2D eigenvalue weighted by Gasteiger charge is 2.17. The zero-order chi connectivity index (χ0) is 16.0. The molecular weight excluding hydrogens is 302 g/mol. The number of nitrogen functional groups attached to an aromatic ring is 1. The summed E-state index contributed by atoms with van der Waals surface area (Å²) in [5.74, 6) is -1.79. The van der Waals surface area contributed by atoms with Crippen LogP contribution < -0.4 is 21.3 Å². The number of anilines is 1. The minimum Gasteiger partial charge on any atom is -0.496 e. The standard InChI is InChI=1S/C12H14ClN3O5/c1-6(17)15-16-11(18)5-21-12(19)7-3-8(13)9(14)4-10(7)20-2/h3-4H,5,14H2,1-2H3,(H,15,17)(H,16,18). The molecule has 0 heterocycles. The summed E-state index contributed by atoms with van der Waals surface area (Å²) in [5, 5.41) is 0.158. The molecule has 1 aromatic rings. The molecule has 0 saturated heterocycles. The Morgan fingerprint density at radius 2 is 1.95 bits per heavy atom. The molecule has 21 heavy (non-hydrogen) atoms. The summed E-state index contributed by atoms with van der Waals surface area (Å²) < 4.78 is 9.77. The highest BCUT2D eigenvalue weighted by molar-refractivity contribution is 6.33. The number of benzene rings is 1. The molecule has 0 unspecified atom stereocenters. The molecule has 9 heteroatoms. The zero-order valence-electron chi connectivity index (χ0n) is 11.4. The Balaban J connectivity index is 2.70. The van der Waals surface area contributed by atoms with Crippen molar-refractivity contribution in [3.8, 4) is 5.75 Å². The Kier molecular flexibility index (Phi) is 5.79.